The summed E-state index contributed by atoms with van der Waals surface area (Å²) in [7, 11) is 0. The highest BCUT2D eigenvalue weighted by atomic mass is 16.5. The van der Waals surface area contributed by atoms with Gasteiger partial charge in [0.25, 0.3) is 0 Å². The van der Waals surface area contributed by atoms with Crippen LogP contribution in [0.5, 0.6) is 5.75 Å². The molecule has 0 radical (unpaired) electrons. The van der Waals surface area contributed by atoms with E-state index in [0.29, 0.717) is 6.04 Å². The zero-order chi connectivity index (χ0) is 14.0. The molecule has 0 amide bonds. The highest BCUT2D eigenvalue weighted by molar-refractivity contribution is 5.51. The smallest absolute Gasteiger partial charge is 0.128 e. The molecule has 1 unspecified atom stereocenters. The fourth-order valence-electron chi connectivity index (χ4n) is 2.64. The predicted octanol–water partition coefficient (Wildman–Crippen LogP) is 3.98. The van der Waals surface area contributed by atoms with Gasteiger partial charge in [-0.2, -0.15) is 0 Å². The highest BCUT2D eigenvalue weighted by Crippen LogP contribution is 2.42. The van der Waals surface area contributed by atoms with Crippen molar-refractivity contribution in [2.75, 3.05) is 13.2 Å². The predicted molar refractivity (Wildman–Crippen MR) is 81.0 cm³/mol. The van der Waals surface area contributed by atoms with E-state index >= 15 is 0 Å². The number of hydrogen-bond donors (Lipinski definition) is 1. The molecule has 2 nitrogen and oxygen atoms in total. The van der Waals surface area contributed by atoms with Gasteiger partial charge in [0.15, 0.2) is 0 Å². The molecule has 2 rings (SSSR count). The molecule has 19 heavy (non-hydrogen) atoms. The van der Waals surface area contributed by atoms with Crippen LogP contribution >= 0.6 is 0 Å². The first kappa shape index (κ1) is 14.4. The summed E-state index contributed by atoms with van der Waals surface area (Å²) in [6.45, 7) is 13.0. The van der Waals surface area contributed by atoms with Crippen LogP contribution in [-0.4, -0.2) is 13.2 Å². The SMILES string of the molecule is CCCNC1COc2c1cc(CC)cc2C(C)(C)C. The summed E-state index contributed by atoms with van der Waals surface area (Å²) in [5.74, 6) is 1.12. The van der Waals surface area contributed by atoms with Crippen LogP contribution in [0.2, 0.25) is 0 Å². The van der Waals surface area contributed by atoms with Crippen molar-refractivity contribution in [1.82, 2.24) is 5.32 Å². The van der Waals surface area contributed by atoms with Gasteiger partial charge >= 0.3 is 0 Å². The van der Waals surface area contributed by atoms with Gasteiger partial charge in [-0.1, -0.05) is 46.8 Å². The molecule has 1 aromatic rings. The van der Waals surface area contributed by atoms with Crippen LogP contribution < -0.4 is 10.1 Å². The van der Waals surface area contributed by atoms with Crippen LogP contribution in [0, 0.1) is 0 Å². The molecule has 1 heterocycles. The summed E-state index contributed by atoms with van der Waals surface area (Å²) in [4.78, 5) is 0. The molecule has 0 fully saturated rings. The number of benzene rings is 1. The zero-order valence-corrected chi connectivity index (χ0v) is 13.0. The van der Waals surface area contributed by atoms with Crippen LogP contribution in [0.1, 0.15) is 63.8 Å². The Morgan fingerprint density at radius 3 is 2.58 bits per heavy atom. The molecule has 2 heteroatoms. The summed E-state index contributed by atoms with van der Waals surface area (Å²) < 4.78 is 6.00. The van der Waals surface area contributed by atoms with Crippen LogP contribution in [0.4, 0.5) is 0 Å². The van der Waals surface area contributed by atoms with E-state index in [-0.39, 0.29) is 5.41 Å². The van der Waals surface area contributed by atoms with Gasteiger partial charge in [-0.25, -0.2) is 0 Å². The Morgan fingerprint density at radius 1 is 1.26 bits per heavy atom. The van der Waals surface area contributed by atoms with Gasteiger partial charge in [-0.3, -0.25) is 0 Å². The Hall–Kier alpha value is -1.02. The second-order valence-electron chi connectivity index (χ2n) is 6.48. The van der Waals surface area contributed by atoms with Crippen molar-refractivity contribution >= 4 is 0 Å². The minimum absolute atomic E-state index is 0.134. The largest absolute Gasteiger partial charge is 0.491 e. The maximum absolute atomic E-state index is 6.00. The fourth-order valence-corrected chi connectivity index (χ4v) is 2.64. The Balaban J connectivity index is 2.42. The molecule has 1 atom stereocenters. The molecule has 0 saturated carbocycles. The number of aryl methyl sites for hydroxylation is 1. The van der Waals surface area contributed by atoms with Gasteiger partial charge in [0.05, 0.1) is 6.04 Å². The minimum Gasteiger partial charge on any atom is -0.491 e. The van der Waals surface area contributed by atoms with Crippen molar-refractivity contribution in [2.45, 2.75) is 58.9 Å². The molecule has 0 saturated heterocycles. The standard InChI is InChI=1S/C17H27NO/c1-6-8-18-15-11-19-16-13(15)9-12(7-2)10-14(16)17(3,4)5/h9-10,15,18H,6-8,11H2,1-5H3. The molecular formula is C17H27NO. The first-order valence-corrected chi connectivity index (χ1v) is 7.50. The molecule has 0 bridgehead atoms. The van der Waals surface area contributed by atoms with E-state index in [1.54, 1.807) is 0 Å². The van der Waals surface area contributed by atoms with Crippen molar-refractivity contribution in [3.05, 3.63) is 28.8 Å². The third kappa shape index (κ3) is 2.94. The van der Waals surface area contributed by atoms with Crippen LogP contribution in [0.3, 0.4) is 0 Å². The zero-order valence-electron chi connectivity index (χ0n) is 13.0. The Kier molecular flexibility index (Phi) is 4.19. The highest BCUT2D eigenvalue weighted by Gasteiger charge is 2.30. The van der Waals surface area contributed by atoms with Crippen molar-refractivity contribution in [2.24, 2.45) is 0 Å². The molecule has 1 aliphatic rings. The van der Waals surface area contributed by atoms with Crippen molar-refractivity contribution in [3.63, 3.8) is 0 Å². The minimum atomic E-state index is 0.134. The molecule has 1 N–H and O–H groups in total. The number of rotatable bonds is 4. The van der Waals surface area contributed by atoms with Crippen molar-refractivity contribution in [1.29, 1.82) is 0 Å². The summed E-state index contributed by atoms with van der Waals surface area (Å²) >= 11 is 0. The Bertz CT molecular complexity index is 445. The second-order valence-corrected chi connectivity index (χ2v) is 6.48. The lowest BCUT2D eigenvalue weighted by Crippen LogP contribution is -2.23. The summed E-state index contributed by atoms with van der Waals surface area (Å²) in [6.07, 6.45) is 2.24. The van der Waals surface area contributed by atoms with E-state index in [4.69, 9.17) is 4.74 Å². The average Bonchev–Trinajstić information content (AvgIpc) is 2.76. The number of ether oxygens (including phenoxy) is 1. The van der Waals surface area contributed by atoms with Gasteiger partial charge in [-0.05, 0) is 30.4 Å². The monoisotopic (exact) mass is 261 g/mol. The van der Waals surface area contributed by atoms with Crippen molar-refractivity contribution < 1.29 is 4.74 Å². The van der Waals surface area contributed by atoms with Gasteiger partial charge in [0, 0.05) is 11.1 Å². The molecule has 1 aromatic carbocycles. The quantitative estimate of drug-likeness (QED) is 0.885. The van der Waals surface area contributed by atoms with Crippen LogP contribution in [0.15, 0.2) is 12.1 Å². The lowest BCUT2D eigenvalue weighted by atomic mass is 9.83. The molecular weight excluding hydrogens is 234 g/mol. The van der Waals surface area contributed by atoms with Gasteiger partial charge in [-0.15, -0.1) is 0 Å². The summed E-state index contributed by atoms with van der Waals surface area (Å²) in [5, 5.41) is 3.59. The molecule has 0 aromatic heterocycles. The first-order valence-electron chi connectivity index (χ1n) is 7.50. The number of nitrogens with one attached hydrogen (secondary N) is 1. The maximum atomic E-state index is 6.00. The van der Waals surface area contributed by atoms with Crippen LogP contribution in [0.25, 0.3) is 0 Å². The van der Waals surface area contributed by atoms with E-state index in [9.17, 15) is 0 Å². The fraction of sp³-hybridized carbons (Fsp3) is 0.647. The number of hydrogen-bond acceptors (Lipinski definition) is 2. The van der Waals surface area contributed by atoms with E-state index in [0.717, 1.165) is 31.7 Å². The third-order valence-electron chi connectivity index (χ3n) is 3.80. The van der Waals surface area contributed by atoms with E-state index in [1.807, 2.05) is 0 Å². The van der Waals surface area contributed by atoms with E-state index in [2.05, 4.69) is 52.1 Å². The second kappa shape index (κ2) is 5.54. The Morgan fingerprint density at radius 2 is 2.00 bits per heavy atom. The number of fused-ring (bicyclic) bond motifs is 1. The topological polar surface area (TPSA) is 21.3 Å². The maximum Gasteiger partial charge on any atom is 0.128 e. The summed E-state index contributed by atoms with van der Waals surface area (Å²) in [6, 6.07) is 5.01. The Labute approximate surface area is 117 Å². The molecule has 1 aliphatic heterocycles. The van der Waals surface area contributed by atoms with E-state index in [1.165, 1.54) is 16.7 Å². The normalized spacial score (nSPS) is 18.3. The van der Waals surface area contributed by atoms with E-state index < -0.39 is 0 Å². The lowest BCUT2D eigenvalue weighted by molar-refractivity contribution is 0.306. The average molecular weight is 261 g/mol. The summed E-state index contributed by atoms with van der Waals surface area (Å²) in [5.41, 5.74) is 4.26. The first-order chi connectivity index (χ1) is 8.97. The molecule has 0 spiro atoms. The van der Waals surface area contributed by atoms with Crippen LogP contribution in [-0.2, 0) is 11.8 Å². The van der Waals surface area contributed by atoms with Gasteiger partial charge in [0.2, 0.25) is 0 Å². The third-order valence-corrected chi connectivity index (χ3v) is 3.80. The lowest BCUT2D eigenvalue weighted by Gasteiger charge is -2.23. The molecule has 0 aliphatic carbocycles. The van der Waals surface area contributed by atoms with Crippen molar-refractivity contribution in [3.8, 4) is 5.75 Å². The molecule has 106 valence electrons. The van der Waals surface area contributed by atoms with Gasteiger partial charge in [0.1, 0.15) is 12.4 Å². The van der Waals surface area contributed by atoms with Gasteiger partial charge < -0.3 is 10.1 Å².